The van der Waals surface area contributed by atoms with Crippen molar-refractivity contribution in [1.82, 2.24) is 15.2 Å². The number of rotatable bonds is 2. The second-order valence-electron chi connectivity index (χ2n) is 5.20. The van der Waals surface area contributed by atoms with Crippen LogP contribution in [0.4, 0.5) is 5.95 Å². The molecule has 0 unspecified atom stereocenters. The van der Waals surface area contributed by atoms with Gasteiger partial charge in [-0.05, 0) is 12.3 Å². The zero-order valence-corrected chi connectivity index (χ0v) is 12.1. The zero-order chi connectivity index (χ0) is 16.0. The maximum atomic E-state index is 12.5. The summed E-state index contributed by atoms with van der Waals surface area (Å²) in [5.41, 5.74) is 4.19. The molecule has 1 aliphatic rings. The number of nitrogens with zero attached hydrogens (tertiary/aromatic N) is 3. The number of carbonyl (C=O) groups is 1. The fraction of sp³-hybridized carbons (Fsp3) is 0.0625. The molecule has 0 aliphatic heterocycles. The number of Topliss-reactive ketones (excluding diaryl/α,β-unsaturated/α-hetero) is 1. The van der Waals surface area contributed by atoms with Crippen LogP contribution in [0.3, 0.4) is 0 Å². The van der Waals surface area contributed by atoms with Gasteiger partial charge in [-0.2, -0.15) is 5.10 Å². The number of hydrogen-bond donors (Lipinski definition) is 2. The molecular weight excluding hydrogens is 294 g/mol. The van der Waals surface area contributed by atoms with E-state index >= 15 is 0 Å². The third-order valence-electron chi connectivity index (χ3n) is 3.75. The van der Waals surface area contributed by atoms with Crippen LogP contribution in [0.15, 0.2) is 46.3 Å². The first-order chi connectivity index (χ1) is 11.1. The third-order valence-corrected chi connectivity index (χ3v) is 3.75. The molecule has 1 aromatic heterocycles. The maximum Gasteiger partial charge on any atom is 0.274 e. The second-order valence-corrected chi connectivity index (χ2v) is 5.20. The highest BCUT2D eigenvalue weighted by Crippen LogP contribution is 2.30. The Kier molecular flexibility index (Phi) is 2.80. The Morgan fingerprint density at radius 2 is 1.78 bits per heavy atom. The minimum absolute atomic E-state index is 0.0871. The number of aromatic amines is 1. The Hall–Kier alpha value is -3.35. The summed E-state index contributed by atoms with van der Waals surface area (Å²) in [6, 6.07) is 11.3. The summed E-state index contributed by atoms with van der Waals surface area (Å²) in [6.45, 7) is 1.55. The topological polar surface area (TPSA) is 100 Å². The lowest BCUT2D eigenvalue weighted by Crippen LogP contribution is -2.17. The van der Waals surface area contributed by atoms with E-state index in [9.17, 15) is 9.59 Å². The molecule has 112 valence electrons. The van der Waals surface area contributed by atoms with E-state index < -0.39 is 0 Å². The number of ketones is 1. The van der Waals surface area contributed by atoms with Gasteiger partial charge >= 0.3 is 0 Å². The normalized spacial score (nSPS) is 14.7. The first-order valence-corrected chi connectivity index (χ1v) is 6.99. The maximum absolute atomic E-state index is 12.5. The monoisotopic (exact) mass is 305 g/mol. The minimum Gasteiger partial charge on any atom is -0.288 e. The average Bonchev–Trinajstić information content (AvgIpc) is 2.84. The number of nitrogens with one attached hydrogen (secondary N) is 2. The van der Waals surface area contributed by atoms with Crippen LogP contribution in [-0.4, -0.2) is 26.7 Å². The fourth-order valence-corrected chi connectivity index (χ4v) is 2.64. The molecule has 0 radical (unpaired) electrons. The zero-order valence-electron chi connectivity index (χ0n) is 12.1. The van der Waals surface area contributed by atoms with Crippen LogP contribution in [0, 0.1) is 6.92 Å². The number of H-pyrrole nitrogens is 1. The summed E-state index contributed by atoms with van der Waals surface area (Å²) in [4.78, 5) is 26.6. The molecule has 0 atom stereocenters. The Balaban J connectivity index is 1.79. The van der Waals surface area contributed by atoms with E-state index in [0.717, 1.165) is 16.3 Å². The Bertz CT molecular complexity index is 1050. The van der Waals surface area contributed by atoms with E-state index in [1.54, 1.807) is 13.0 Å². The lowest BCUT2D eigenvalue weighted by atomic mass is 10.1. The van der Waals surface area contributed by atoms with Crippen molar-refractivity contribution in [2.45, 2.75) is 6.92 Å². The van der Waals surface area contributed by atoms with Crippen molar-refractivity contribution in [3.05, 3.63) is 63.6 Å². The van der Waals surface area contributed by atoms with Crippen molar-refractivity contribution in [3.8, 4) is 0 Å². The smallest absolute Gasteiger partial charge is 0.274 e. The van der Waals surface area contributed by atoms with Crippen molar-refractivity contribution in [2.75, 3.05) is 5.43 Å². The molecule has 2 N–H and O–H groups in total. The second kappa shape index (κ2) is 4.84. The Labute approximate surface area is 130 Å². The predicted octanol–water partition coefficient (Wildman–Crippen LogP) is 1.64. The van der Waals surface area contributed by atoms with Crippen LogP contribution in [-0.2, 0) is 0 Å². The number of anilines is 1. The SMILES string of the molecule is Cc1nnc(NN=C2C(=O)c3cccc4cccc2c34)[nH]c1=O. The first-order valence-electron chi connectivity index (χ1n) is 6.99. The quantitative estimate of drug-likeness (QED) is 0.701. The minimum atomic E-state index is -0.356. The van der Waals surface area contributed by atoms with Gasteiger partial charge < -0.3 is 0 Å². The predicted molar refractivity (Wildman–Crippen MR) is 85.8 cm³/mol. The van der Waals surface area contributed by atoms with Crippen LogP contribution < -0.4 is 11.0 Å². The van der Waals surface area contributed by atoms with Gasteiger partial charge in [0.1, 0.15) is 11.4 Å². The number of carbonyl (C=O) groups excluding carboxylic acids is 1. The standard InChI is InChI=1S/C16H11N5O2/c1-8-15(23)17-16(20-18-8)21-19-13-10-6-2-4-9-5-3-7-11(12(9)10)14(13)22/h2-7H,1H3,(H2,17,20,21,23). The van der Waals surface area contributed by atoms with E-state index in [-0.39, 0.29) is 23.0 Å². The van der Waals surface area contributed by atoms with E-state index in [2.05, 4.69) is 25.7 Å². The Morgan fingerprint density at radius 1 is 1.04 bits per heavy atom. The molecule has 1 aliphatic carbocycles. The van der Waals surface area contributed by atoms with Gasteiger partial charge in [-0.25, -0.2) is 5.43 Å². The van der Waals surface area contributed by atoms with Crippen LogP contribution in [0.1, 0.15) is 21.6 Å². The van der Waals surface area contributed by atoms with E-state index in [4.69, 9.17) is 0 Å². The van der Waals surface area contributed by atoms with Crippen molar-refractivity contribution in [2.24, 2.45) is 5.10 Å². The highest BCUT2D eigenvalue weighted by Gasteiger charge is 2.28. The summed E-state index contributed by atoms with van der Waals surface area (Å²) in [5, 5.41) is 13.5. The van der Waals surface area contributed by atoms with E-state index in [1.807, 2.05) is 30.3 Å². The fourth-order valence-electron chi connectivity index (χ4n) is 2.64. The van der Waals surface area contributed by atoms with Crippen LogP contribution >= 0.6 is 0 Å². The summed E-state index contributed by atoms with van der Waals surface area (Å²) >= 11 is 0. The highest BCUT2D eigenvalue weighted by molar-refractivity contribution is 6.59. The number of hydrogen-bond acceptors (Lipinski definition) is 6. The summed E-state index contributed by atoms with van der Waals surface area (Å²) < 4.78 is 0. The summed E-state index contributed by atoms with van der Waals surface area (Å²) in [7, 11) is 0. The lowest BCUT2D eigenvalue weighted by Gasteiger charge is -2.01. The van der Waals surface area contributed by atoms with Crippen LogP contribution in [0.5, 0.6) is 0 Å². The molecular formula is C16H11N5O2. The van der Waals surface area contributed by atoms with Crippen LogP contribution in [0.25, 0.3) is 10.8 Å². The van der Waals surface area contributed by atoms with Gasteiger partial charge in [0.15, 0.2) is 0 Å². The van der Waals surface area contributed by atoms with Crippen molar-refractivity contribution in [1.29, 1.82) is 0 Å². The summed E-state index contributed by atoms with van der Waals surface area (Å²) in [6.07, 6.45) is 0. The van der Waals surface area contributed by atoms with Gasteiger partial charge in [-0.1, -0.05) is 36.4 Å². The number of aryl methyl sites for hydroxylation is 1. The summed E-state index contributed by atoms with van der Waals surface area (Å²) in [5.74, 6) is -0.0734. The van der Waals surface area contributed by atoms with Gasteiger partial charge in [0.25, 0.3) is 5.56 Å². The molecule has 3 aromatic rings. The molecule has 0 saturated carbocycles. The molecule has 7 heteroatoms. The largest absolute Gasteiger partial charge is 0.288 e. The molecule has 0 saturated heterocycles. The molecule has 4 rings (SSSR count). The van der Waals surface area contributed by atoms with Gasteiger partial charge in [0.2, 0.25) is 11.7 Å². The molecule has 23 heavy (non-hydrogen) atoms. The number of hydrazone groups is 1. The third kappa shape index (κ3) is 2.02. The van der Waals surface area contributed by atoms with Crippen molar-refractivity contribution in [3.63, 3.8) is 0 Å². The molecule has 1 heterocycles. The first kappa shape index (κ1) is 13.3. The average molecular weight is 305 g/mol. The van der Waals surface area contributed by atoms with Crippen molar-refractivity contribution >= 4 is 28.2 Å². The molecule has 7 nitrogen and oxygen atoms in total. The van der Waals surface area contributed by atoms with Gasteiger partial charge in [-0.15, -0.1) is 10.2 Å². The van der Waals surface area contributed by atoms with E-state index in [1.165, 1.54) is 0 Å². The van der Waals surface area contributed by atoms with Gasteiger partial charge in [0.05, 0.1) is 0 Å². The lowest BCUT2D eigenvalue weighted by molar-refractivity contribution is 0.107. The number of aromatic nitrogens is 3. The molecule has 2 aromatic carbocycles. The molecule has 0 bridgehead atoms. The van der Waals surface area contributed by atoms with Crippen molar-refractivity contribution < 1.29 is 4.79 Å². The van der Waals surface area contributed by atoms with Crippen LogP contribution in [0.2, 0.25) is 0 Å². The molecule has 0 fully saturated rings. The van der Waals surface area contributed by atoms with Gasteiger partial charge in [-0.3, -0.25) is 14.6 Å². The Morgan fingerprint density at radius 3 is 2.52 bits per heavy atom. The molecule has 0 amide bonds. The molecule has 0 spiro atoms. The van der Waals surface area contributed by atoms with E-state index in [0.29, 0.717) is 11.3 Å². The van der Waals surface area contributed by atoms with Gasteiger partial charge in [0, 0.05) is 16.5 Å². The highest BCUT2D eigenvalue weighted by atomic mass is 16.1. The number of benzene rings is 2.